The van der Waals surface area contributed by atoms with E-state index in [1.807, 2.05) is 0 Å². The van der Waals surface area contributed by atoms with E-state index in [0.29, 0.717) is 16.7 Å². The molecule has 136 valence electrons. The van der Waals surface area contributed by atoms with Crippen molar-refractivity contribution in [2.24, 2.45) is 46.3 Å². The first kappa shape index (κ1) is 18.4. The molecule has 0 spiro atoms. The van der Waals surface area contributed by atoms with Gasteiger partial charge in [0.05, 0.1) is 0 Å². The fraction of sp³-hybridized carbons (Fsp3) is 0.917. The van der Waals surface area contributed by atoms with E-state index < -0.39 is 0 Å². The maximum absolute atomic E-state index is 5.92. The summed E-state index contributed by atoms with van der Waals surface area (Å²) in [5, 5.41) is 0. The average Bonchev–Trinajstić information content (AvgIpc) is 2.89. The second-order valence-electron chi connectivity index (χ2n) is 10.5. The van der Waals surface area contributed by atoms with Crippen LogP contribution in [0.15, 0.2) is 0 Å². The maximum atomic E-state index is 5.92. The molecule has 0 N–H and O–H groups in total. The first-order valence-corrected chi connectivity index (χ1v) is 10.8. The number of hydrogen-bond donors (Lipinski definition) is 0. The second kappa shape index (κ2) is 6.70. The SMILES string of the molecule is C#CC1CCC2C3CC(C)CC(C)(CCC(C)CC)C3CCC12C. The van der Waals surface area contributed by atoms with Crippen LogP contribution < -0.4 is 0 Å². The van der Waals surface area contributed by atoms with Crippen LogP contribution in [-0.4, -0.2) is 0 Å². The quantitative estimate of drug-likeness (QED) is 0.490. The lowest BCUT2D eigenvalue weighted by Crippen LogP contribution is -2.50. The number of terminal acetylenes is 1. The van der Waals surface area contributed by atoms with Gasteiger partial charge in [-0.25, -0.2) is 0 Å². The summed E-state index contributed by atoms with van der Waals surface area (Å²) in [6.07, 6.45) is 18.6. The highest BCUT2D eigenvalue weighted by molar-refractivity contribution is 5.13. The first-order valence-electron chi connectivity index (χ1n) is 10.8. The van der Waals surface area contributed by atoms with Crippen molar-refractivity contribution in [1.82, 2.24) is 0 Å². The summed E-state index contributed by atoms with van der Waals surface area (Å²) >= 11 is 0. The summed E-state index contributed by atoms with van der Waals surface area (Å²) in [5.41, 5.74) is 1.03. The molecule has 3 aliphatic rings. The summed E-state index contributed by atoms with van der Waals surface area (Å²) in [5.74, 6) is 8.34. The summed E-state index contributed by atoms with van der Waals surface area (Å²) in [6.45, 7) is 12.5. The minimum Gasteiger partial charge on any atom is -0.120 e. The van der Waals surface area contributed by atoms with Crippen molar-refractivity contribution in [3.63, 3.8) is 0 Å². The van der Waals surface area contributed by atoms with Crippen molar-refractivity contribution in [2.75, 3.05) is 0 Å². The molecule has 24 heavy (non-hydrogen) atoms. The highest BCUT2D eigenvalue weighted by atomic mass is 14.6. The molecule has 3 saturated carbocycles. The molecule has 0 nitrogen and oxygen atoms in total. The van der Waals surface area contributed by atoms with Crippen molar-refractivity contribution in [3.8, 4) is 12.3 Å². The van der Waals surface area contributed by atoms with Gasteiger partial charge in [0.15, 0.2) is 0 Å². The van der Waals surface area contributed by atoms with Crippen LogP contribution in [0.5, 0.6) is 0 Å². The van der Waals surface area contributed by atoms with Crippen LogP contribution in [0.3, 0.4) is 0 Å². The van der Waals surface area contributed by atoms with Crippen molar-refractivity contribution in [3.05, 3.63) is 0 Å². The molecule has 8 unspecified atom stereocenters. The summed E-state index contributed by atoms with van der Waals surface area (Å²) in [6, 6.07) is 0. The predicted molar refractivity (Wildman–Crippen MR) is 105 cm³/mol. The minimum atomic E-state index is 0.449. The van der Waals surface area contributed by atoms with E-state index in [0.717, 1.165) is 29.6 Å². The Labute approximate surface area is 151 Å². The monoisotopic (exact) mass is 328 g/mol. The van der Waals surface area contributed by atoms with Gasteiger partial charge in [-0.3, -0.25) is 0 Å². The normalized spacial score (nSPS) is 49.1. The van der Waals surface area contributed by atoms with Gasteiger partial charge in [0, 0.05) is 5.92 Å². The number of hydrogen-bond acceptors (Lipinski definition) is 0. The molecule has 3 rings (SSSR count). The Hall–Kier alpha value is -0.440. The maximum Gasteiger partial charge on any atom is 0.0256 e. The Morgan fingerprint density at radius 3 is 2.58 bits per heavy atom. The third-order valence-electron chi connectivity index (χ3n) is 8.93. The lowest BCUT2D eigenvalue weighted by atomic mass is 9.47. The van der Waals surface area contributed by atoms with Crippen LogP contribution in [0.4, 0.5) is 0 Å². The van der Waals surface area contributed by atoms with E-state index in [2.05, 4.69) is 40.5 Å². The average molecular weight is 329 g/mol. The first-order chi connectivity index (χ1) is 11.3. The highest BCUT2D eigenvalue weighted by Gasteiger charge is 2.57. The van der Waals surface area contributed by atoms with Crippen LogP contribution in [0.2, 0.25) is 0 Å². The van der Waals surface area contributed by atoms with Crippen LogP contribution in [0, 0.1) is 58.7 Å². The van der Waals surface area contributed by atoms with Gasteiger partial charge in [-0.15, -0.1) is 12.3 Å². The molecule has 0 aromatic heterocycles. The molecular weight excluding hydrogens is 288 g/mol. The van der Waals surface area contributed by atoms with Gasteiger partial charge >= 0.3 is 0 Å². The number of fused-ring (bicyclic) bond motifs is 3. The molecule has 0 bridgehead atoms. The molecular formula is C24H40. The Bertz CT molecular complexity index is 485. The van der Waals surface area contributed by atoms with E-state index in [4.69, 9.17) is 6.42 Å². The van der Waals surface area contributed by atoms with Gasteiger partial charge in [0.1, 0.15) is 0 Å². The van der Waals surface area contributed by atoms with E-state index in [1.165, 1.54) is 57.8 Å². The molecule has 0 saturated heterocycles. The van der Waals surface area contributed by atoms with Crippen LogP contribution in [0.25, 0.3) is 0 Å². The molecule has 0 heterocycles. The summed E-state index contributed by atoms with van der Waals surface area (Å²) in [7, 11) is 0. The van der Waals surface area contributed by atoms with Crippen LogP contribution >= 0.6 is 0 Å². The third kappa shape index (κ3) is 2.95. The second-order valence-corrected chi connectivity index (χ2v) is 10.5. The van der Waals surface area contributed by atoms with Gasteiger partial charge in [0.2, 0.25) is 0 Å². The Balaban J connectivity index is 1.81. The zero-order valence-corrected chi connectivity index (χ0v) is 16.9. The topological polar surface area (TPSA) is 0 Å². The van der Waals surface area contributed by atoms with Crippen molar-refractivity contribution >= 4 is 0 Å². The molecule has 0 aromatic rings. The van der Waals surface area contributed by atoms with Gasteiger partial charge in [-0.05, 0) is 85.4 Å². The molecule has 0 amide bonds. The van der Waals surface area contributed by atoms with E-state index in [9.17, 15) is 0 Å². The van der Waals surface area contributed by atoms with Crippen molar-refractivity contribution in [2.45, 2.75) is 92.4 Å². The summed E-state index contributed by atoms with van der Waals surface area (Å²) in [4.78, 5) is 0. The van der Waals surface area contributed by atoms with Crippen LogP contribution in [-0.2, 0) is 0 Å². The largest absolute Gasteiger partial charge is 0.120 e. The van der Waals surface area contributed by atoms with Gasteiger partial charge in [0.25, 0.3) is 0 Å². The van der Waals surface area contributed by atoms with Gasteiger partial charge in [-0.2, -0.15) is 0 Å². The fourth-order valence-electron chi connectivity index (χ4n) is 7.32. The van der Waals surface area contributed by atoms with Crippen molar-refractivity contribution in [1.29, 1.82) is 0 Å². The lowest BCUT2D eigenvalue weighted by molar-refractivity contribution is -0.0826. The Morgan fingerprint density at radius 2 is 1.92 bits per heavy atom. The smallest absolute Gasteiger partial charge is 0.0256 e. The molecule has 0 radical (unpaired) electrons. The minimum absolute atomic E-state index is 0.449. The molecule has 0 aliphatic heterocycles. The molecule has 3 fully saturated rings. The fourth-order valence-corrected chi connectivity index (χ4v) is 7.32. The predicted octanol–water partition coefficient (Wildman–Crippen LogP) is 6.94. The van der Waals surface area contributed by atoms with Gasteiger partial charge in [-0.1, -0.05) is 47.5 Å². The summed E-state index contributed by atoms with van der Waals surface area (Å²) < 4.78 is 0. The molecule has 3 aliphatic carbocycles. The van der Waals surface area contributed by atoms with Crippen LogP contribution in [0.1, 0.15) is 92.4 Å². The molecule has 0 aromatic carbocycles. The molecule has 0 heteroatoms. The Morgan fingerprint density at radius 1 is 1.17 bits per heavy atom. The van der Waals surface area contributed by atoms with E-state index >= 15 is 0 Å². The highest BCUT2D eigenvalue weighted by Crippen LogP contribution is 2.65. The third-order valence-corrected chi connectivity index (χ3v) is 8.93. The zero-order chi connectivity index (χ0) is 17.5. The van der Waals surface area contributed by atoms with Gasteiger partial charge < -0.3 is 0 Å². The van der Waals surface area contributed by atoms with E-state index in [1.54, 1.807) is 0 Å². The molecule has 8 atom stereocenters. The standard InChI is InChI=1S/C24H40/c1-7-17(3)11-13-23(5)16-18(4)15-20-21(23)12-14-24(6)19(8-2)9-10-22(20)24/h2,17-22H,7,9-16H2,1,3-6H3. The zero-order valence-electron chi connectivity index (χ0n) is 16.9. The Kier molecular flexibility index (Phi) is 5.12. The van der Waals surface area contributed by atoms with E-state index in [-0.39, 0.29) is 0 Å². The number of rotatable bonds is 4. The lowest BCUT2D eigenvalue weighted by Gasteiger charge is -2.58. The van der Waals surface area contributed by atoms with Crippen molar-refractivity contribution < 1.29 is 0 Å².